The highest BCUT2D eigenvalue weighted by atomic mass is 32.1. The second-order valence-corrected chi connectivity index (χ2v) is 14.4. The number of hydrogen-bond acceptors (Lipinski definition) is 3. The van der Waals surface area contributed by atoms with Crippen LogP contribution in [-0.2, 0) is 0 Å². The molecule has 0 amide bonds. The Morgan fingerprint density at radius 3 is 1.80 bits per heavy atom. The number of nitrogens with zero attached hydrogens (tertiary/aromatic N) is 1. The molecule has 0 radical (unpaired) electrons. The molecule has 0 saturated heterocycles. The molecule has 10 rings (SSSR count). The second kappa shape index (κ2) is 12.3. The molecule has 0 N–H and O–H groups in total. The number of furan rings is 1. The minimum Gasteiger partial charge on any atom is -0.456 e. The van der Waals surface area contributed by atoms with Gasteiger partial charge in [0, 0.05) is 53.9 Å². The maximum absolute atomic E-state index is 6.10. The van der Waals surface area contributed by atoms with Gasteiger partial charge in [-0.05, 0) is 101 Å². The third-order valence-electron chi connectivity index (χ3n) is 10.2. The van der Waals surface area contributed by atoms with Crippen molar-refractivity contribution in [2.75, 3.05) is 4.90 Å². The summed E-state index contributed by atoms with van der Waals surface area (Å²) in [5.41, 5.74) is 11.4. The van der Waals surface area contributed by atoms with Crippen LogP contribution in [0.4, 0.5) is 11.4 Å². The van der Waals surface area contributed by atoms with Crippen LogP contribution >= 0.6 is 11.3 Å². The predicted molar refractivity (Wildman–Crippen MR) is 217 cm³/mol. The zero-order chi connectivity index (χ0) is 33.7. The average Bonchev–Trinajstić information content (AvgIpc) is 3.77. The first-order valence-corrected chi connectivity index (χ1v) is 18.3. The molecule has 0 fully saturated rings. The van der Waals surface area contributed by atoms with Crippen LogP contribution in [0.2, 0.25) is 0 Å². The zero-order valence-corrected chi connectivity index (χ0v) is 28.7. The van der Waals surface area contributed by atoms with Crippen molar-refractivity contribution in [3.63, 3.8) is 0 Å². The maximum atomic E-state index is 6.10. The third-order valence-corrected chi connectivity index (χ3v) is 11.4. The summed E-state index contributed by atoms with van der Waals surface area (Å²) >= 11 is 1.86. The van der Waals surface area contributed by atoms with Crippen molar-refractivity contribution in [1.29, 1.82) is 0 Å². The van der Waals surface area contributed by atoms with E-state index in [1.807, 2.05) is 23.5 Å². The van der Waals surface area contributed by atoms with Crippen molar-refractivity contribution in [2.24, 2.45) is 0 Å². The Morgan fingerprint density at radius 1 is 0.490 bits per heavy atom. The molecule has 0 bridgehead atoms. The fourth-order valence-corrected chi connectivity index (χ4v) is 8.67. The first-order valence-electron chi connectivity index (χ1n) is 17.5. The van der Waals surface area contributed by atoms with E-state index in [0.29, 0.717) is 5.92 Å². The number of para-hydroxylation sites is 1. The molecule has 7 aromatic carbocycles. The Balaban J connectivity index is 1.01. The van der Waals surface area contributed by atoms with Crippen LogP contribution < -0.4 is 4.90 Å². The molecule has 2 aromatic heterocycles. The van der Waals surface area contributed by atoms with Crippen LogP contribution in [0.15, 0.2) is 192 Å². The summed E-state index contributed by atoms with van der Waals surface area (Å²) in [7, 11) is 0. The smallest absolute Gasteiger partial charge is 0.135 e. The van der Waals surface area contributed by atoms with Gasteiger partial charge in [0.2, 0.25) is 0 Å². The Labute approximate surface area is 300 Å². The van der Waals surface area contributed by atoms with E-state index in [1.54, 1.807) is 0 Å². The summed E-state index contributed by atoms with van der Waals surface area (Å²) in [6.07, 6.45) is 7.98. The van der Waals surface area contributed by atoms with Crippen molar-refractivity contribution in [3.05, 3.63) is 193 Å². The van der Waals surface area contributed by atoms with Gasteiger partial charge in [0.05, 0.1) is 0 Å². The number of benzene rings is 7. The SMILES string of the molecule is C1=C[C@@H](c2ccccc2)CC=C1N(c1ccc(-c2ccc3oc4ccccc4c3c2)cc1)c1ccc(-c2ccc3sc4ccccc4c3c2)cc1. The maximum Gasteiger partial charge on any atom is 0.135 e. The molecule has 2 heterocycles. The lowest BCUT2D eigenvalue weighted by molar-refractivity contribution is 0.669. The standard InChI is InChI=1S/C48H33NOS/c1-2-8-32(9-3-1)33-14-22-38(23-15-33)49(39-24-16-34(17-25-39)36-20-28-46-43(30-36)41-10-4-6-12-45(41)50-46)40-26-18-35(19-27-40)37-21-29-48-44(31-37)42-11-5-7-13-47(42)51-48/h1-14,16-31,33H,15H2/t33-/m1/s1. The summed E-state index contributed by atoms with van der Waals surface area (Å²) in [5.74, 6) is 0.374. The Morgan fingerprint density at radius 2 is 1.08 bits per heavy atom. The molecule has 1 aliphatic carbocycles. The first-order chi connectivity index (χ1) is 25.2. The molecule has 3 heteroatoms. The third kappa shape index (κ3) is 5.34. The summed E-state index contributed by atoms with van der Waals surface area (Å²) in [6, 6.07) is 59.1. The highest BCUT2D eigenvalue weighted by Crippen LogP contribution is 2.40. The molecule has 0 spiro atoms. The number of hydrogen-bond donors (Lipinski definition) is 0. The van der Waals surface area contributed by atoms with Gasteiger partial charge in [-0.15, -0.1) is 11.3 Å². The highest BCUT2D eigenvalue weighted by molar-refractivity contribution is 7.25. The second-order valence-electron chi connectivity index (χ2n) is 13.3. The fourth-order valence-electron chi connectivity index (χ4n) is 7.59. The quantitative estimate of drug-likeness (QED) is 0.175. The van der Waals surface area contributed by atoms with Crippen LogP contribution in [0.1, 0.15) is 17.9 Å². The van der Waals surface area contributed by atoms with Crippen LogP contribution in [0.5, 0.6) is 0 Å². The monoisotopic (exact) mass is 671 g/mol. The van der Waals surface area contributed by atoms with E-state index < -0.39 is 0 Å². The lowest BCUT2D eigenvalue weighted by Crippen LogP contribution is -2.17. The normalized spacial score (nSPS) is 14.4. The fraction of sp³-hybridized carbons (Fsp3) is 0.0417. The topological polar surface area (TPSA) is 16.4 Å². The van der Waals surface area contributed by atoms with E-state index in [4.69, 9.17) is 4.42 Å². The molecule has 1 atom stereocenters. The number of fused-ring (bicyclic) bond motifs is 6. The van der Waals surface area contributed by atoms with E-state index in [0.717, 1.165) is 39.7 Å². The van der Waals surface area contributed by atoms with E-state index in [2.05, 4.69) is 175 Å². The molecule has 0 saturated carbocycles. The van der Waals surface area contributed by atoms with Gasteiger partial charge >= 0.3 is 0 Å². The largest absolute Gasteiger partial charge is 0.456 e. The van der Waals surface area contributed by atoms with Gasteiger partial charge in [0.25, 0.3) is 0 Å². The van der Waals surface area contributed by atoms with Crippen molar-refractivity contribution in [2.45, 2.75) is 12.3 Å². The van der Waals surface area contributed by atoms with Crippen molar-refractivity contribution >= 4 is 64.8 Å². The Bertz CT molecular complexity index is 2610. The van der Waals surface area contributed by atoms with E-state index in [-0.39, 0.29) is 0 Å². The minimum absolute atomic E-state index is 0.374. The molecule has 0 aliphatic heterocycles. The van der Waals surface area contributed by atoms with Gasteiger partial charge < -0.3 is 9.32 Å². The van der Waals surface area contributed by atoms with Crippen LogP contribution in [0.25, 0.3) is 64.4 Å². The lowest BCUT2D eigenvalue weighted by Gasteiger charge is -2.29. The van der Waals surface area contributed by atoms with Crippen molar-refractivity contribution in [1.82, 2.24) is 0 Å². The van der Waals surface area contributed by atoms with Crippen LogP contribution in [-0.4, -0.2) is 0 Å². The first kappa shape index (κ1) is 29.7. The van der Waals surface area contributed by atoms with E-state index in [1.165, 1.54) is 53.7 Å². The molecule has 9 aromatic rings. The molecular formula is C48H33NOS. The minimum atomic E-state index is 0.374. The average molecular weight is 672 g/mol. The van der Waals surface area contributed by atoms with Crippen LogP contribution in [0, 0.1) is 0 Å². The van der Waals surface area contributed by atoms with E-state index >= 15 is 0 Å². The van der Waals surface area contributed by atoms with E-state index in [9.17, 15) is 0 Å². The van der Waals surface area contributed by atoms with Gasteiger partial charge in [-0.2, -0.15) is 0 Å². The molecule has 1 aliphatic rings. The van der Waals surface area contributed by atoms with Crippen molar-refractivity contribution in [3.8, 4) is 22.3 Å². The summed E-state index contributed by atoms with van der Waals surface area (Å²) in [6.45, 7) is 0. The number of anilines is 2. The molecular weight excluding hydrogens is 639 g/mol. The molecule has 242 valence electrons. The van der Waals surface area contributed by atoms with Gasteiger partial charge in [-0.25, -0.2) is 0 Å². The number of thiophene rings is 1. The van der Waals surface area contributed by atoms with Gasteiger partial charge in [0.15, 0.2) is 0 Å². The van der Waals surface area contributed by atoms with Crippen molar-refractivity contribution < 1.29 is 4.42 Å². The lowest BCUT2D eigenvalue weighted by atomic mass is 9.91. The molecule has 51 heavy (non-hydrogen) atoms. The number of rotatable bonds is 6. The van der Waals surface area contributed by atoms with Crippen LogP contribution in [0.3, 0.4) is 0 Å². The summed E-state index contributed by atoms with van der Waals surface area (Å²) in [4.78, 5) is 2.38. The Hall–Kier alpha value is -6.16. The summed E-state index contributed by atoms with van der Waals surface area (Å²) in [5, 5.41) is 4.94. The zero-order valence-electron chi connectivity index (χ0n) is 27.9. The molecule has 2 nitrogen and oxygen atoms in total. The Kier molecular flexibility index (Phi) is 7.18. The summed E-state index contributed by atoms with van der Waals surface area (Å²) < 4.78 is 8.76. The van der Waals surface area contributed by atoms with Gasteiger partial charge in [0.1, 0.15) is 11.2 Å². The number of allylic oxidation sites excluding steroid dienone is 3. The predicted octanol–water partition coefficient (Wildman–Crippen LogP) is 14.1. The van der Waals surface area contributed by atoms with Gasteiger partial charge in [-0.3, -0.25) is 0 Å². The molecule has 0 unspecified atom stereocenters. The van der Waals surface area contributed by atoms with Gasteiger partial charge in [-0.1, -0.05) is 115 Å². The highest BCUT2D eigenvalue weighted by Gasteiger charge is 2.19.